The molecule has 0 aliphatic heterocycles. The number of nitrogens with one attached hydrogen (secondary N) is 1. The number of hydrogen-bond acceptors (Lipinski definition) is 4. The Morgan fingerprint density at radius 3 is 2.25 bits per heavy atom. The van der Waals surface area contributed by atoms with Crippen LogP contribution in [0.25, 0.3) is 0 Å². The molecule has 24 heavy (non-hydrogen) atoms. The fourth-order valence-electron chi connectivity index (χ4n) is 2.29. The van der Waals surface area contributed by atoms with Gasteiger partial charge in [0.1, 0.15) is 17.2 Å². The normalized spacial score (nSPS) is 10.4. The Hall–Kier alpha value is -2.69. The van der Waals surface area contributed by atoms with E-state index in [1.54, 1.807) is 32.4 Å². The summed E-state index contributed by atoms with van der Waals surface area (Å²) in [6.07, 6.45) is 0.316. The number of amides is 1. The minimum atomic E-state index is -0.126. The molecule has 2 rings (SSSR count). The van der Waals surface area contributed by atoms with E-state index in [2.05, 4.69) is 5.32 Å². The van der Waals surface area contributed by atoms with Gasteiger partial charge in [-0.2, -0.15) is 0 Å². The Kier molecular flexibility index (Phi) is 6.07. The first-order valence-corrected chi connectivity index (χ1v) is 7.79. The van der Waals surface area contributed by atoms with Crippen LogP contribution in [0.15, 0.2) is 42.5 Å². The Morgan fingerprint density at radius 2 is 1.67 bits per heavy atom. The second-order valence-corrected chi connectivity index (χ2v) is 5.59. The number of carbonyl (C=O) groups is 1. The highest BCUT2D eigenvalue weighted by atomic mass is 16.5. The molecule has 0 aliphatic carbocycles. The molecule has 2 aromatic carbocycles. The van der Waals surface area contributed by atoms with Gasteiger partial charge in [-0.05, 0) is 56.3 Å². The third-order valence-corrected chi connectivity index (χ3v) is 3.35. The monoisotopic (exact) mass is 329 g/mol. The second-order valence-electron chi connectivity index (χ2n) is 5.59. The van der Waals surface area contributed by atoms with Crippen LogP contribution in [0.2, 0.25) is 0 Å². The van der Waals surface area contributed by atoms with E-state index in [0.717, 1.165) is 17.0 Å². The van der Waals surface area contributed by atoms with E-state index < -0.39 is 0 Å². The van der Waals surface area contributed by atoms with Crippen LogP contribution in [0.5, 0.6) is 17.2 Å². The first-order chi connectivity index (χ1) is 11.5. The maximum atomic E-state index is 12.3. The summed E-state index contributed by atoms with van der Waals surface area (Å²) in [6.45, 7) is 3.94. The summed E-state index contributed by atoms with van der Waals surface area (Å²) >= 11 is 0. The molecule has 0 fully saturated rings. The summed E-state index contributed by atoms with van der Waals surface area (Å²) < 4.78 is 16.1. The molecule has 0 aliphatic rings. The molecule has 0 heterocycles. The molecule has 0 unspecified atom stereocenters. The molecule has 2 aromatic rings. The first-order valence-electron chi connectivity index (χ1n) is 7.79. The molecule has 1 N–H and O–H groups in total. The molecule has 0 saturated carbocycles. The van der Waals surface area contributed by atoms with E-state index in [1.165, 1.54) is 0 Å². The van der Waals surface area contributed by atoms with Crippen molar-refractivity contribution >= 4 is 11.6 Å². The second kappa shape index (κ2) is 8.24. The van der Waals surface area contributed by atoms with Gasteiger partial charge in [-0.15, -0.1) is 0 Å². The van der Waals surface area contributed by atoms with Gasteiger partial charge in [-0.3, -0.25) is 4.79 Å². The predicted octanol–water partition coefficient (Wildman–Crippen LogP) is 3.67. The summed E-state index contributed by atoms with van der Waals surface area (Å²) in [5.41, 5.74) is 1.49. The Balaban J connectivity index is 2.03. The molecule has 1 amide bonds. The molecular weight excluding hydrogens is 306 g/mol. The zero-order valence-electron chi connectivity index (χ0n) is 14.5. The van der Waals surface area contributed by atoms with Gasteiger partial charge in [0.25, 0.3) is 0 Å². The van der Waals surface area contributed by atoms with Crippen LogP contribution in [-0.2, 0) is 11.2 Å². The number of ether oxygens (including phenoxy) is 3. The maximum absolute atomic E-state index is 12.3. The third-order valence-electron chi connectivity index (χ3n) is 3.35. The van der Waals surface area contributed by atoms with Crippen molar-refractivity contribution in [2.75, 3.05) is 19.5 Å². The molecular formula is C19H23NO4. The summed E-state index contributed by atoms with van der Waals surface area (Å²) in [6, 6.07) is 12.7. The first kappa shape index (κ1) is 17.7. The van der Waals surface area contributed by atoms with E-state index >= 15 is 0 Å². The molecule has 0 saturated heterocycles. The summed E-state index contributed by atoms with van der Waals surface area (Å²) in [4.78, 5) is 12.3. The lowest BCUT2D eigenvalue weighted by Gasteiger charge is -2.12. The van der Waals surface area contributed by atoms with Crippen molar-refractivity contribution in [3.63, 3.8) is 0 Å². The molecule has 128 valence electrons. The van der Waals surface area contributed by atoms with Gasteiger partial charge in [0.05, 0.1) is 26.7 Å². The average Bonchev–Trinajstić information content (AvgIpc) is 2.56. The maximum Gasteiger partial charge on any atom is 0.228 e. The lowest BCUT2D eigenvalue weighted by Crippen LogP contribution is -2.15. The third kappa shape index (κ3) is 4.91. The Bertz CT molecular complexity index is 680. The highest BCUT2D eigenvalue weighted by molar-refractivity contribution is 5.92. The topological polar surface area (TPSA) is 56.8 Å². The molecule has 5 heteroatoms. The fraction of sp³-hybridized carbons (Fsp3) is 0.316. The van der Waals surface area contributed by atoms with Crippen molar-refractivity contribution < 1.29 is 19.0 Å². The molecule has 0 bridgehead atoms. The molecule has 0 atom stereocenters. The van der Waals surface area contributed by atoms with Crippen molar-refractivity contribution in [3.05, 3.63) is 48.0 Å². The van der Waals surface area contributed by atoms with E-state index in [9.17, 15) is 4.79 Å². The van der Waals surface area contributed by atoms with Crippen LogP contribution in [0.1, 0.15) is 19.4 Å². The van der Waals surface area contributed by atoms with E-state index in [0.29, 0.717) is 11.5 Å². The molecule has 0 aromatic heterocycles. The summed E-state index contributed by atoms with van der Waals surface area (Å²) in [7, 11) is 3.17. The number of methoxy groups -OCH3 is 2. The highest BCUT2D eigenvalue weighted by Crippen LogP contribution is 2.25. The van der Waals surface area contributed by atoms with Crippen LogP contribution in [0, 0.1) is 0 Å². The van der Waals surface area contributed by atoms with Gasteiger partial charge < -0.3 is 19.5 Å². The Labute approximate surface area is 142 Å². The van der Waals surface area contributed by atoms with Gasteiger partial charge >= 0.3 is 0 Å². The van der Waals surface area contributed by atoms with Crippen molar-refractivity contribution in [1.82, 2.24) is 0 Å². The van der Waals surface area contributed by atoms with Crippen molar-refractivity contribution in [2.24, 2.45) is 0 Å². The zero-order chi connectivity index (χ0) is 17.5. The number of benzene rings is 2. The van der Waals surface area contributed by atoms with E-state index in [-0.39, 0.29) is 18.4 Å². The van der Waals surface area contributed by atoms with Crippen LogP contribution in [-0.4, -0.2) is 26.2 Å². The highest BCUT2D eigenvalue weighted by Gasteiger charge is 2.11. The lowest BCUT2D eigenvalue weighted by molar-refractivity contribution is -0.115. The number of carbonyl (C=O) groups excluding carboxylic acids is 1. The van der Waals surface area contributed by atoms with Gasteiger partial charge in [0.15, 0.2) is 0 Å². The summed E-state index contributed by atoms with van der Waals surface area (Å²) in [5.74, 6) is 2.00. The molecule has 0 radical (unpaired) electrons. The smallest absolute Gasteiger partial charge is 0.228 e. The quantitative estimate of drug-likeness (QED) is 0.842. The van der Waals surface area contributed by atoms with Crippen LogP contribution in [0.3, 0.4) is 0 Å². The van der Waals surface area contributed by atoms with Crippen molar-refractivity contribution in [3.8, 4) is 17.2 Å². The van der Waals surface area contributed by atoms with Crippen LogP contribution < -0.4 is 19.5 Å². The predicted molar refractivity (Wildman–Crippen MR) is 94.1 cm³/mol. The van der Waals surface area contributed by atoms with E-state index in [1.807, 2.05) is 38.1 Å². The fourth-order valence-corrected chi connectivity index (χ4v) is 2.29. The average molecular weight is 329 g/mol. The van der Waals surface area contributed by atoms with Crippen LogP contribution in [0.4, 0.5) is 5.69 Å². The minimum Gasteiger partial charge on any atom is -0.497 e. The van der Waals surface area contributed by atoms with Crippen molar-refractivity contribution in [2.45, 2.75) is 26.4 Å². The summed E-state index contributed by atoms with van der Waals surface area (Å²) in [5, 5.41) is 2.87. The lowest BCUT2D eigenvalue weighted by atomic mass is 10.1. The molecule has 0 spiro atoms. The zero-order valence-corrected chi connectivity index (χ0v) is 14.5. The standard InChI is InChI=1S/C19H23NO4/c1-13(2)24-16-7-5-15(6-8-16)20-19(21)12-14-11-17(22-3)9-10-18(14)23-4/h5-11,13H,12H2,1-4H3,(H,20,21). The minimum absolute atomic E-state index is 0.117. The van der Waals surface area contributed by atoms with Crippen LogP contribution >= 0.6 is 0 Å². The molecule has 5 nitrogen and oxygen atoms in total. The number of anilines is 1. The Morgan fingerprint density at radius 1 is 1.00 bits per heavy atom. The van der Waals surface area contributed by atoms with E-state index in [4.69, 9.17) is 14.2 Å². The largest absolute Gasteiger partial charge is 0.497 e. The van der Waals surface area contributed by atoms with Gasteiger partial charge in [0.2, 0.25) is 5.91 Å². The SMILES string of the molecule is COc1ccc(OC)c(CC(=O)Nc2ccc(OC(C)C)cc2)c1. The van der Waals surface area contributed by atoms with Gasteiger partial charge in [-0.1, -0.05) is 0 Å². The number of hydrogen-bond donors (Lipinski definition) is 1. The van der Waals surface area contributed by atoms with Crippen molar-refractivity contribution in [1.29, 1.82) is 0 Å². The van der Waals surface area contributed by atoms with Gasteiger partial charge in [-0.25, -0.2) is 0 Å². The number of rotatable bonds is 7. The van der Waals surface area contributed by atoms with Gasteiger partial charge in [0, 0.05) is 11.3 Å².